The fraction of sp³-hybridized carbons (Fsp3) is 0.200. The highest BCUT2D eigenvalue weighted by Crippen LogP contribution is 2.29. The molecule has 0 bridgehead atoms. The van der Waals surface area contributed by atoms with Gasteiger partial charge in [-0.1, -0.05) is 35.3 Å². The number of aromatic nitrogens is 1. The second-order valence-corrected chi connectivity index (χ2v) is 5.32. The number of rotatable bonds is 5. The van der Waals surface area contributed by atoms with Gasteiger partial charge in [0.2, 0.25) is 5.91 Å². The average molecular weight is 324 g/mol. The van der Waals surface area contributed by atoms with E-state index in [4.69, 9.17) is 23.2 Å². The van der Waals surface area contributed by atoms with Gasteiger partial charge in [0.1, 0.15) is 0 Å². The number of para-hydroxylation sites is 1. The van der Waals surface area contributed by atoms with Crippen molar-refractivity contribution >= 4 is 34.8 Å². The number of carbonyl (C=O) groups is 1. The van der Waals surface area contributed by atoms with Gasteiger partial charge in [0, 0.05) is 12.2 Å². The summed E-state index contributed by atoms with van der Waals surface area (Å²) in [5, 5.41) is 6.62. The van der Waals surface area contributed by atoms with Crippen LogP contribution in [0.4, 0.5) is 5.69 Å². The molecule has 21 heavy (non-hydrogen) atoms. The third kappa shape index (κ3) is 4.43. The first-order valence-electron chi connectivity index (χ1n) is 6.46. The van der Waals surface area contributed by atoms with Crippen LogP contribution < -0.4 is 10.6 Å². The van der Waals surface area contributed by atoms with E-state index in [1.54, 1.807) is 24.4 Å². The Labute approximate surface area is 133 Å². The first kappa shape index (κ1) is 15.8. The maximum atomic E-state index is 11.9. The van der Waals surface area contributed by atoms with Crippen molar-refractivity contribution in [2.75, 3.05) is 11.9 Å². The molecule has 0 radical (unpaired) electrons. The Balaban J connectivity index is 1.91. The molecule has 0 saturated carbocycles. The average Bonchev–Trinajstić information content (AvgIpc) is 2.49. The van der Waals surface area contributed by atoms with Crippen LogP contribution in [-0.4, -0.2) is 17.4 Å². The lowest BCUT2D eigenvalue weighted by Crippen LogP contribution is -2.30. The van der Waals surface area contributed by atoms with Gasteiger partial charge >= 0.3 is 0 Å². The van der Waals surface area contributed by atoms with Gasteiger partial charge in [-0.05, 0) is 31.2 Å². The SMILES string of the molecule is CC(NCC(=O)Nc1c(Cl)cccc1Cl)c1ccccn1. The van der Waals surface area contributed by atoms with Crippen molar-refractivity contribution in [3.8, 4) is 0 Å². The van der Waals surface area contributed by atoms with Crippen LogP contribution in [0.5, 0.6) is 0 Å². The smallest absolute Gasteiger partial charge is 0.238 e. The molecule has 1 heterocycles. The lowest BCUT2D eigenvalue weighted by molar-refractivity contribution is -0.115. The highest BCUT2D eigenvalue weighted by Gasteiger charge is 2.11. The van der Waals surface area contributed by atoms with E-state index < -0.39 is 0 Å². The van der Waals surface area contributed by atoms with Crippen molar-refractivity contribution < 1.29 is 4.79 Å². The Bertz CT molecular complexity index is 599. The fourth-order valence-electron chi connectivity index (χ4n) is 1.78. The lowest BCUT2D eigenvalue weighted by Gasteiger charge is -2.14. The predicted octanol–water partition coefficient (Wildman–Crippen LogP) is 3.68. The van der Waals surface area contributed by atoms with Crippen LogP contribution in [0.3, 0.4) is 0 Å². The van der Waals surface area contributed by atoms with Gasteiger partial charge in [0.05, 0.1) is 28.0 Å². The first-order chi connectivity index (χ1) is 10.1. The third-order valence-electron chi connectivity index (χ3n) is 2.93. The van der Waals surface area contributed by atoms with E-state index in [0.717, 1.165) is 5.69 Å². The van der Waals surface area contributed by atoms with Gasteiger partial charge in [0.25, 0.3) is 0 Å². The molecular weight excluding hydrogens is 309 g/mol. The lowest BCUT2D eigenvalue weighted by atomic mass is 10.2. The van der Waals surface area contributed by atoms with Crippen molar-refractivity contribution in [2.45, 2.75) is 13.0 Å². The van der Waals surface area contributed by atoms with Crippen LogP contribution in [-0.2, 0) is 4.79 Å². The zero-order valence-corrected chi connectivity index (χ0v) is 12.9. The number of benzene rings is 1. The van der Waals surface area contributed by atoms with Crippen LogP contribution in [0, 0.1) is 0 Å². The maximum Gasteiger partial charge on any atom is 0.238 e. The monoisotopic (exact) mass is 323 g/mol. The third-order valence-corrected chi connectivity index (χ3v) is 3.56. The Morgan fingerprint density at radius 1 is 1.19 bits per heavy atom. The van der Waals surface area contributed by atoms with E-state index in [1.165, 1.54) is 0 Å². The van der Waals surface area contributed by atoms with Crippen LogP contribution >= 0.6 is 23.2 Å². The Morgan fingerprint density at radius 3 is 2.52 bits per heavy atom. The van der Waals surface area contributed by atoms with E-state index in [-0.39, 0.29) is 18.5 Å². The molecule has 6 heteroatoms. The second kappa shape index (κ2) is 7.41. The fourth-order valence-corrected chi connectivity index (χ4v) is 2.28. The van der Waals surface area contributed by atoms with Crippen molar-refractivity contribution in [3.05, 3.63) is 58.3 Å². The van der Waals surface area contributed by atoms with Gasteiger partial charge in [-0.3, -0.25) is 9.78 Å². The summed E-state index contributed by atoms with van der Waals surface area (Å²) in [5.74, 6) is -0.215. The minimum atomic E-state index is -0.215. The second-order valence-electron chi connectivity index (χ2n) is 4.50. The number of amides is 1. The minimum Gasteiger partial charge on any atom is -0.322 e. The molecule has 1 aromatic heterocycles. The Hall–Kier alpha value is -1.62. The van der Waals surface area contributed by atoms with Crippen LogP contribution in [0.25, 0.3) is 0 Å². The van der Waals surface area contributed by atoms with E-state index in [2.05, 4.69) is 15.6 Å². The normalized spacial score (nSPS) is 12.0. The van der Waals surface area contributed by atoms with Crippen molar-refractivity contribution in [1.82, 2.24) is 10.3 Å². The Kier molecular flexibility index (Phi) is 5.56. The van der Waals surface area contributed by atoms with Gasteiger partial charge in [-0.15, -0.1) is 0 Å². The molecule has 1 unspecified atom stereocenters. The van der Waals surface area contributed by atoms with Crippen LogP contribution in [0.1, 0.15) is 18.7 Å². The first-order valence-corrected chi connectivity index (χ1v) is 7.21. The van der Waals surface area contributed by atoms with E-state index in [0.29, 0.717) is 15.7 Å². The maximum absolute atomic E-state index is 11.9. The topological polar surface area (TPSA) is 54.0 Å². The van der Waals surface area contributed by atoms with E-state index in [1.807, 2.05) is 25.1 Å². The summed E-state index contributed by atoms with van der Waals surface area (Å²) >= 11 is 12.0. The summed E-state index contributed by atoms with van der Waals surface area (Å²) in [7, 11) is 0. The largest absolute Gasteiger partial charge is 0.322 e. The number of hydrogen-bond acceptors (Lipinski definition) is 3. The number of nitrogens with zero attached hydrogens (tertiary/aromatic N) is 1. The summed E-state index contributed by atoms with van der Waals surface area (Å²) < 4.78 is 0. The molecule has 1 aromatic carbocycles. The molecule has 0 aliphatic heterocycles. The molecule has 2 rings (SSSR count). The van der Waals surface area contributed by atoms with Gasteiger partial charge in [-0.25, -0.2) is 0 Å². The van der Waals surface area contributed by atoms with E-state index in [9.17, 15) is 4.79 Å². The van der Waals surface area contributed by atoms with Gasteiger partial charge in [0.15, 0.2) is 0 Å². The highest BCUT2D eigenvalue weighted by atomic mass is 35.5. The zero-order valence-electron chi connectivity index (χ0n) is 11.4. The molecular formula is C15H15Cl2N3O. The number of carbonyl (C=O) groups excluding carboxylic acids is 1. The highest BCUT2D eigenvalue weighted by molar-refractivity contribution is 6.39. The van der Waals surface area contributed by atoms with Gasteiger partial charge < -0.3 is 10.6 Å². The van der Waals surface area contributed by atoms with Crippen LogP contribution in [0.15, 0.2) is 42.6 Å². The molecule has 1 amide bonds. The number of hydrogen-bond donors (Lipinski definition) is 2. The molecule has 4 nitrogen and oxygen atoms in total. The number of pyridine rings is 1. The molecule has 2 aromatic rings. The summed E-state index contributed by atoms with van der Waals surface area (Å²) in [6, 6.07) is 10.7. The summed E-state index contributed by atoms with van der Waals surface area (Å²) in [6.07, 6.45) is 1.72. The van der Waals surface area contributed by atoms with Gasteiger partial charge in [-0.2, -0.15) is 0 Å². The number of nitrogens with one attached hydrogen (secondary N) is 2. The molecule has 0 aliphatic carbocycles. The summed E-state index contributed by atoms with van der Waals surface area (Å²) in [6.45, 7) is 2.08. The summed E-state index contributed by atoms with van der Waals surface area (Å²) in [4.78, 5) is 16.2. The van der Waals surface area contributed by atoms with Crippen molar-refractivity contribution in [3.63, 3.8) is 0 Å². The quantitative estimate of drug-likeness (QED) is 0.882. The minimum absolute atomic E-state index is 0.0290. The molecule has 0 aliphatic rings. The molecule has 110 valence electrons. The number of anilines is 1. The molecule has 0 fully saturated rings. The van der Waals surface area contributed by atoms with Crippen molar-refractivity contribution in [2.24, 2.45) is 0 Å². The molecule has 2 N–H and O–H groups in total. The van der Waals surface area contributed by atoms with E-state index >= 15 is 0 Å². The molecule has 0 saturated heterocycles. The van der Waals surface area contributed by atoms with Crippen LogP contribution in [0.2, 0.25) is 10.0 Å². The molecule has 0 spiro atoms. The molecule has 1 atom stereocenters. The number of halogens is 2. The Morgan fingerprint density at radius 2 is 1.90 bits per heavy atom. The van der Waals surface area contributed by atoms with Crippen molar-refractivity contribution in [1.29, 1.82) is 0 Å². The standard InChI is InChI=1S/C15H15Cl2N3O/c1-10(13-7-2-3-8-18-13)19-9-14(21)20-15-11(16)5-4-6-12(15)17/h2-8,10,19H,9H2,1H3,(H,20,21). The predicted molar refractivity (Wildman–Crippen MR) is 85.7 cm³/mol. The zero-order chi connectivity index (χ0) is 15.2. The summed E-state index contributed by atoms with van der Waals surface area (Å²) in [5.41, 5.74) is 1.30.